The van der Waals surface area contributed by atoms with Gasteiger partial charge in [-0.15, -0.1) is 0 Å². The quantitative estimate of drug-likeness (QED) is 0.253. The number of benzene rings is 4. The van der Waals surface area contributed by atoms with Gasteiger partial charge in [0.15, 0.2) is 5.41 Å². The maximum absolute atomic E-state index is 13.5. The molecule has 0 heterocycles. The van der Waals surface area contributed by atoms with Crippen molar-refractivity contribution in [1.29, 1.82) is 0 Å². The van der Waals surface area contributed by atoms with E-state index in [1.54, 1.807) is 13.8 Å². The Morgan fingerprint density at radius 3 is 1.42 bits per heavy atom. The molecule has 4 nitrogen and oxygen atoms in total. The van der Waals surface area contributed by atoms with Gasteiger partial charge < -0.3 is 9.47 Å². The fourth-order valence-corrected chi connectivity index (χ4v) is 4.52. The zero-order chi connectivity index (χ0) is 23.3. The molecule has 168 valence electrons. The van der Waals surface area contributed by atoms with Crippen LogP contribution in [0.4, 0.5) is 0 Å². The summed E-state index contributed by atoms with van der Waals surface area (Å²) in [5.41, 5.74) is 0.323. The van der Waals surface area contributed by atoms with Gasteiger partial charge in [0, 0.05) is 12.8 Å². The molecule has 0 saturated carbocycles. The molecule has 0 radical (unpaired) electrons. The summed E-state index contributed by atoms with van der Waals surface area (Å²) in [7, 11) is 0. The van der Waals surface area contributed by atoms with Gasteiger partial charge in [-0.05, 0) is 46.5 Å². The highest BCUT2D eigenvalue weighted by Crippen LogP contribution is 2.36. The van der Waals surface area contributed by atoms with Crippen LogP contribution in [0.5, 0.6) is 0 Å². The van der Waals surface area contributed by atoms with E-state index in [0.717, 1.165) is 32.7 Å². The number of esters is 2. The predicted molar refractivity (Wildman–Crippen MR) is 131 cm³/mol. The first-order chi connectivity index (χ1) is 16.1. The molecule has 4 rings (SSSR count). The van der Waals surface area contributed by atoms with Crippen molar-refractivity contribution in [3.63, 3.8) is 0 Å². The molecule has 0 fully saturated rings. The number of rotatable bonds is 8. The van der Waals surface area contributed by atoms with Gasteiger partial charge in [0.25, 0.3) is 0 Å². The molecule has 0 unspecified atom stereocenters. The summed E-state index contributed by atoms with van der Waals surface area (Å²) < 4.78 is 11.0. The lowest BCUT2D eigenvalue weighted by atomic mass is 9.75. The maximum atomic E-state index is 13.5. The van der Waals surface area contributed by atoms with E-state index in [1.165, 1.54) is 0 Å². The molecular weight excluding hydrogens is 412 g/mol. The van der Waals surface area contributed by atoms with Crippen molar-refractivity contribution in [3.8, 4) is 0 Å². The van der Waals surface area contributed by atoms with E-state index in [-0.39, 0.29) is 26.1 Å². The van der Waals surface area contributed by atoms with Crippen LogP contribution in [0.25, 0.3) is 21.5 Å². The smallest absolute Gasteiger partial charge is 0.324 e. The molecule has 0 atom stereocenters. The summed E-state index contributed by atoms with van der Waals surface area (Å²) in [4.78, 5) is 27.1. The number of hydrogen-bond acceptors (Lipinski definition) is 4. The Kier molecular flexibility index (Phi) is 6.74. The summed E-state index contributed by atoms with van der Waals surface area (Å²) in [6.07, 6.45) is 0.379. The first-order valence-corrected chi connectivity index (χ1v) is 11.4. The van der Waals surface area contributed by atoms with Crippen molar-refractivity contribution in [2.75, 3.05) is 13.2 Å². The standard InChI is InChI=1S/C29H28O4/c1-3-32-27(30)29(28(31)33-4-2,19-23-15-9-13-21-11-5-7-17-25(21)23)20-24-16-10-14-22-12-6-8-18-26(22)24/h5-18H,3-4,19-20H2,1-2H3. The average molecular weight is 441 g/mol. The summed E-state index contributed by atoms with van der Waals surface area (Å²) in [6.45, 7) is 3.88. The Bertz CT molecular complexity index is 1180. The van der Waals surface area contributed by atoms with Crippen LogP contribution in [-0.4, -0.2) is 25.2 Å². The molecule has 4 aromatic carbocycles. The normalized spacial score (nSPS) is 11.5. The topological polar surface area (TPSA) is 52.6 Å². The second-order valence-corrected chi connectivity index (χ2v) is 8.15. The first kappa shape index (κ1) is 22.5. The van der Waals surface area contributed by atoms with Gasteiger partial charge in [-0.25, -0.2) is 0 Å². The molecule has 0 aromatic heterocycles. The molecule has 0 spiro atoms. The highest BCUT2D eigenvalue weighted by atomic mass is 16.6. The van der Waals surface area contributed by atoms with E-state index in [2.05, 4.69) is 0 Å². The van der Waals surface area contributed by atoms with Crippen molar-refractivity contribution in [3.05, 3.63) is 96.1 Å². The Hall–Kier alpha value is -3.66. The molecule has 0 aliphatic carbocycles. The molecule has 0 N–H and O–H groups in total. The minimum atomic E-state index is -1.50. The SMILES string of the molecule is CCOC(=O)C(Cc1cccc2ccccc12)(Cc1cccc2ccccc12)C(=O)OCC. The van der Waals surface area contributed by atoms with Crippen LogP contribution in [-0.2, 0) is 31.9 Å². The molecule has 0 aliphatic heterocycles. The minimum absolute atomic E-state index is 0.186. The van der Waals surface area contributed by atoms with E-state index in [4.69, 9.17) is 9.47 Å². The number of ether oxygens (including phenoxy) is 2. The van der Waals surface area contributed by atoms with Crippen molar-refractivity contribution in [2.24, 2.45) is 5.41 Å². The molecule has 0 aliphatic rings. The van der Waals surface area contributed by atoms with Crippen molar-refractivity contribution in [2.45, 2.75) is 26.7 Å². The van der Waals surface area contributed by atoms with Gasteiger partial charge in [0.2, 0.25) is 0 Å². The maximum Gasteiger partial charge on any atom is 0.324 e. The van der Waals surface area contributed by atoms with Gasteiger partial charge in [0.05, 0.1) is 13.2 Å². The third-order valence-corrected chi connectivity index (χ3v) is 6.08. The van der Waals surface area contributed by atoms with E-state index in [9.17, 15) is 9.59 Å². The van der Waals surface area contributed by atoms with Crippen molar-refractivity contribution in [1.82, 2.24) is 0 Å². The first-order valence-electron chi connectivity index (χ1n) is 11.4. The molecule has 0 saturated heterocycles. The second kappa shape index (κ2) is 9.86. The third-order valence-electron chi connectivity index (χ3n) is 6.08. The third kappa shape index (κ3) is 4.47. The fraction of sp³-hybridized carbons (Fsp3) is 0.241. The van der Waals surface area contributed by atoms with Crippen LogP contribution in [0.1, 0.15) is 25.0 Å². The van der Waals surface area contributed by atoms with E-state index in [0.29, 0.717) is 0 Å². The predicted octanol–water partition coefficient (Wildman–Crippen LogP) is 5.89. The summed E-state index contributed by atoms with van der Waals surface area (Å²) in [6, 6.07) is 27.9. The summed E-state index contributed by atoms with van der Waals surface area (Å²) in [5, 5.41) is 4.13. The van der Waals surface area contributed by atoms with Crippen LogP contribution in [0.3, 0.4) is 0 Å². The Morgan fingerprint density at radius 2 is 1.00 bits per heavy atom. The zero-order valence-corrected chi connectivity index (χ0v) is 19.0. The fourth-order valence-electron chi connectivity index (χ4n) is 4.52. The molecule has 0 bridgehead atoms. The second-order valence-electron chi connectivity index (χ2n) is 8.15. The van der Waals surface area contributed by atoms with Crippen molar-refractivity contribution >= 4 is 33.5 Å². The van der Waals surface area contributed by atoms with Gasteiger partial charge in [0.1, 0.15) is 0 Å². The number of hydrogen-bond donors (Lipinski definition) is 0. The molecule has 4 aromatic rings. The molecule has 4 heteroatoms. The zero-order valence-electron chi connectivity index (χ0n) is 19.0. The largest absolute Gasteiger partial charge is 0.465 e. The highest BCUT2D eigenvalue weighted by molar-refractivity contribution is 6.02. The summed E-state index contributed by atoms with van der Waals surface area (Å²) >= 11 is 0. The minimum Gasteiger partial charge on any atom is -0.465 e. The average Bonchev–Trinajstić information content (AvgIpc) is 2.84. The van der Waals surface area contributed by atoms with Gasteiger partial charge >= 0.3 is 11.9 Å². The Balaban J connectivity index is 1.89. The molecule has 0 amide bonds. The number of fused-ring (bicyclic) bond motifs is 2. The lowest BCUT2D eigenvalue weighted by molar-refractivity contribution is -0.172. The Labute approximate surface area is 194 Å². The van der Waals surface area contributed by atoms with Crippen molar-refractivity contribution < 1.29 is 19.1 Å². The monoisotopic (exact) mass is 440 g/mol. The van der Waals surface area contributed by atoms with Crippen LogP contribution in [0.15, 0.2) is 84.9 Å². The number of carbonyl (C=O) groups excluding carboxylic acids is 2. The van der Waals surface area contributed by atoms with Crippen LogP contribution in [0, 0.1) is 5.41 Å². The highest BCUT2D eigenvalue weighted by Gasteiger charge is 2.49. The van der Waals surface area contributed by atoms with Crippen LogP contribution in [0.2, 0.25) is 0 Å². The summed E-state index contributed by atoms with van der Waals surface area (Å²) in [5.74, 6) is -1.10. The lowest BCUT2D eigenvalue weighted by Gasteiger charge is -2.30. The van der Waals surface area contributed by atoms with Crippen LogP contribution >= 0.6 is 0 Å². The molecular formula is C29H28O4. The van der Waals surface area contributed by atoms with E-state index in [1.807, 2.05) is 84.9 Å². The van der Waals surface area contributed by atoms with Crippen LogP contribution < -0.4 is 0 Å². The lowest BCUT2D eigenvalue weighted by Crippen LogP contribution is -2.46. The van der Waals surface area contributed by atoms with Gasteiger partial charge in [-0.1, -0.05) is 84.9 Å². The Morgan fingerprint density at radius 1 is 0.606 bits per heavy atom. The number of carbonyl (C=O) groups is 2. The van der Waals surface area contributed by atoms with E-state index < -0.39 is 17.4 Å². The van der Waals surface area contributed by atoms with Gasteiger partial charge in [-0.3, -0.25) is 9.59 Å². The van der Waals surface area contributed by atoms with E-state index >= 15 is 0 Å². The van der Waals surface area contributed by atoms with Gasteiger partial charge in [-0.2, -0.15) is 0 Å². The molecule has 33 heavy (non-hydrogen) atoms.